The van der Waals surface area contributed by atoms with Crippen LogP contribution < -0.4 is 0 Å². The minimum Gasteiger partial charge on any atom is -0.249 e. The lowest BCUT2D eigenvalue weighted by molar-refractivity contribution is 0.858. The van der Waals surface area contributed by atoms with Crippen LogP contribution in [0.15, 0.2) is 47.6 Å². The zero-order chi connectivity index (χ0) is 12.8. The van der Waals surface area contributed by atoms with Gasteiger partial charge in [0.2, 0.25) is 0 Å². The van der Waals surface area contributed by atoms with Gasteiger partial charge in [0.1, 0.15) is 0 Å². The van der Waals surface area contributed by atoms with Crippen molar-refractivity contribution >= 4 is 16.9 Å². The normalized spacial score (nSPS) is 13.6. The van der Waals surface area contributed by atoms with Crippen molar-refractivity contribution in [2.75, 3.05) is 0 Å². The molecule has 4 rings (SSSR count). The molecule has 3 aromatic rings. The fourth-order valence-electron chi connectivity index (χ4n) is 2.43. The van der Waals surface area contributed by atoms with Crippen LogP contribution in [-0.4, -0.2) is 20.3 Å². The van der Waals surface area contributed by atoms with Crippen molar-refractivity contribution in [1.29, 1.82) is 0 Å². The molecule has 0 N–H and O–H groups in total. The summed E-state index contributed by atoms with van der Waals surface area (Å²) in [6, 6.07) is 12.2. The van der Waals surface area contributed by atoms with Crippen LogP contribution in [0.2, 0.25) is 0 Å². The molecule has 4 heteroatoms. The van der Waals surface area contributed by atoms with Crippen LogP contribution in [-0.2, 0) is 6.42 Å². The standard InChI is InChI=1S/C15H12N4/c1-10-6-7-12-9-16-15(18-19(10)12)14-8-11-4-2-3-5-13(11)17-14/h2-7,9H,8H2,1H3. The molecular weight excluding hydrogens is 236 g/mol. The molecule has 4 nitrogen and oxygen atoms in total. The molecule has 0 bridgehead atoms. The highest BCUT2D eigenvalue weighted by molar-refractivity contribution is 6.03. The van der Waals surface area contributed by atoms with Crippen molar-refractivity contribution in [3.05, 3.63) is 59.7 Å². The summed E-state index contributed by atoms with van der Waals surface area (Å²) >= 11 is 0. The smallest absolute Gasteiger partial charge is 0.194 e. The Bertz CT molecular complexity index is 814. The van der Waals surface area contributed by atoms with E-state index in [4.69, 9.17) is 0 Å². The molecule has 0 atom stereocenters. The number of benzene rings is 1. The maximum absolute atomic E-state index is 4.62. The van der Waals surface area contributed by atoms with Gasteiger partial charge in [-0.25, -0.2) is 14.5 Å². The molecule has 1 aliphatic heterocycles. The van der Waals surface area contributed by atoms with E-state index in [9.17, 15) is 0 Å². The van der Waals surface area contributed by atoms with Gasteiger partial charge in [-0.15, -0.1) is 5.10 Å². The topological polar surface area (TPSA) is 42.5 Å². The SMILES string of the molecule is Cc1ccc2cnc(C3=Nc4ccccc4C3)nn12. The molecule has 0 unspecified atom stereocenters. The first-order valence-electron chi connectivity index (χ1n) is 6.28. The van der Waals surface area contributed by atoms with Gasteiger partial charge in [0, 0.05) is 12.1 Å². The van der Waals surface area contributed by atoms with E-state index in [1.165, 1.54) is 5.56 Å². The predicted molar refractivity (Wildman–Crippen MR) is 74.1 cm³/mol. The van der Waals surface area contributed by atoms with E-state index in [0.29, 0.717) is 5.82 Å². The Morgan fingerprint density at radius 1 is 1.11 bits per heavy atom. The lowest BCUT2D eigenvalue weighted by Crippen LogP contribution is -2.10. The minimum atomic E-state index is 0.711. The Morgan fingerprint density at radius 2 is 2.00 bits per heavy atom. The van der Waals surface area contributed by atoms with Gasteiger partial charge in [-0.05, 0) is 30.7 Å². The molecule has 0 saturated carbocycles. The zero-order valence-electron chi connectivity index (χ0n) is 10.5. The monoisotopic (exact) mass is 248 g/mol. The second-order valence-electron chi connectivity index (χ2n) is 4.76. The largest absolute Gasteiger partial charge is 0.249 e. The third-order valence-corrected chi connectivity index (χ3v) is 3.45. The highest BCUT2D eigenvalue weighted by atomic mass is 15.3. The Kier molecular flexibility index (Phi) is 2.06. The van der Waals surface area contributed by atoms with Crippen LogP contribution in [0.25, 0.3) is 5.52 Å². The lowest BCUT2D eigenvalue weighted by atomic mass is 10.1. The summed E-state index contributed by atoms with van der Waals surface area (Å²) in [7, 11) is 0. The number of nitrogens with zero attached hydrogens (tertiary/aromatic N) is 4. The van der Waals surface area contributed by atoms with Crippen LogP contribution >= 0.6 is 0 Å². The van der Waals surface area contributed by atoms with E-state index >= 15 is 0 Å². The molecule has 0 fully saturated rings. The van der Waals surface area contributed by atoms with Crippen molar-refractivity contribution in [2.24, 2.45) is 4.99 Å². The highest BCUT2D eigenvalue weighted by Crippen LogP contribution is 2.27. The van der Waals surface area contributed by atoms with Crippen LogP contribution in [0, 0.1) is 6.92 Å². The maximum Gasteiger partial charge on any atom is 0.194 e. The van der Waals surface area contributed by atoms with E-state index in [1.807, 2.05) is 48.0 Å². The number of aromatic nitrogens is 3. The van der Waals surface area contributed by atoms with Crippen molar-refractivity contribution in [3.63, 3.8) is 0 Å². The fraction of sp³-hybridized carbons (Fsp3) is 0.133. The minimum absolute atomic E-state index is 0.711. The molecular formula is C15H12N4. The molecule has 0 spiro atoms. The number of aliphatic imine (C=N–C) groups is 1. The van der Waals surface area contributed by atoms with Crippen LogP contribution in [0.4, 0.5) is 5.69 Å². The van der Waals surface area contributed by atoms with E-state index < -0.39 is 0 Å². The summed E-state index contributed by atoms with van der Waals surface area (Å²) in [5, 5.41) is 4.57. The molecule has 19 heavy (non-hydrogen) atoms. The number of fused-ring (bicyclic) bond motifs is 2. The quantitative estimate of drug-likeness (QED) is 0.664. The van der Waals surface area contributed by atoms with Gasteiger partial charge in [-0.1, -0.05) is 18.2 Å². The van der Waals surface area contributed by atoms with Gasteiger partial charge in [-0.2, -0.15) is 0 Å². The number of para-hydroxylation sites is 1. The Hall–Kier alpha value is -2.49. The third kappa shape index (κ3) is 1.57. The average molecular weight is 248 g/mol. The molecule has 3 heterocycles. The van der Waals surface area contributed by atoms with E-state index in [-0.39, 0.29) is 0 Å². The molecule has 2 aromatic heterocycles. The number of aryl methyl sites for hydroxylation is 1. The summed E-state index contributed by atoms with van der Waals surface area (Å²) in [5.41, 5.74) is 5.33. The van der Waals surface area contributed by atoms with E-state index in [2.05, 4.69) is 21.1 Å². The summed E-state index contributed by atoms with van der Waals surface area (Å²) in [4.78, 5) is 9.04. The number of rotatable bonds is 1. The average Bonchev–Trinajstić information content (AvgIpc) is 3.02. The van der Waals surface area contributed by atoms with Crippen molar-refractivity contribution in [3.8, 4) is 0 Å². The number of hydrogen-bond acceptors (Lipinski definition) is 3. The predicted octanol–water partition coefficient (Wildman–Crippen LogP) is 2.71. The fourth-order valence-corrected chi connectivity index (χ4v) is 2.43. The van der Waals surface area contributed by atoms with E-state index in [0.717, 1.165) is 29.0 Å². The van der Waals surface area contributed by atoms with Gasteiger partial charge in [0.15, 0.2) is 5.82 Å². The van der Waals surface area contributed by atoms with Crippen molar-refractivity contribution in [1.82, 2.24) is 14.6 Å². The first kappa shape index (κ1) is 10.4. The molecule has 92 valence electrons. The van der Waals surface area contributed by atoms with Gasteiger partial charge in [-0.3, -0.25) is 0 Å². The molecule has 0 amide bonds. The first-order chi connectivity index (χ1) is 9.31. The Morgan fingerprint density at radius 3 is 2.89 bits per heavy atom. The summed E-state index contributed by atoms with van der Waals surface area (Å²) < 4.78 is 1.91. The molecule has 0 radical (unpaired) electrons. The highest BCUT2D eigenvalue weighted by Gasteiger charge is 2.18. The van der Waals surface area contributed by atoms with Crippen LogP contribution in [0.1, 0.15) is 17.1 Å². The van der Waals surface area contributed by atoms with E-state index in [1.54, 1.807) is 0 Å². The second-order valence-corrected chi connectivity index (χ2v) is 4.76. The van der Waals surface area contributed by atoms with Crippen molar-refractivity contribution in [2.45, 2.75) is 13.3 Å². The first-order valence-corrected chi connectivity index (χ1v) is 6.28. The maximum atomic E-state index is 4.62. The Balaban J connectivity index is 1.82. The van der Waals surface area contributed by atoms with Crippen molar-refractivity contribution < 1.29 is 0 Å². The third-order valence-electron chi connectivity index (χ3n) is 3.45. The molecule has 1 aliphatic rings. The molecule has 0 saturated heterocycles. The summed E-state index contributed by atoms with van der Waals surface area (Å²) in [6.07, 6.45) is 2.66. The Labute approximate surface area is 110 Å². The zero-order valence-corrected chi connectivity index (χ0v) is 10.5. The molecule has 1 aromatic carbocycles. The summed E-state index contributed by atoms with van der Waals surface area (Å²) in [5.74, 6) is 0.711. The molecule has 0 aliphatic carbocycles. The van der Waals surface area contributed by atoms with Crippen LogP contribution in [0.3, 0.4) is 0 Å². The summed E-state index contributed by atoms with van der Waals surface area (Å²) in [6.45, 7) is 2.04. The lowest BCUT2D eigenvalue weighted by Gasteiger charge is -2.01. The van der Waals surface area contributed by atoms with Crippen LogP contribution in [0.5, 0.6) is 0 Å². The number of hydrogen-bond donors (Lipinski definition) is 0. The van der Waals surface area contributed by atoms with Gasteiger partial charge in [0.05, 0.1) is 23.1 Å². The second kappa shape index (κ2) is 3.75. The van der Waals surface area contributed by atoms with Gasteiger partial charge in [0.25, 0.3) is 0 Å². The van der Waals surface area contributed by atoms with Gasteiger partial charge >= 0.3 is 0 Å². The van der Waals surface area contributed by atoms with Gasteiger partial charge < -0.3 is 0 Å².